The van der Waals surface area contributed by atoms with Crippen molar-refractivity contribution in [2.75, 3.05) is 31.5 Å². The molecule has 1 aliphatic heterocycles. The fourth-order valence-electron chi connectivity index (χ4n) is 3.52. The number of rotatable bonds is 6. The van der Waals surface area contributed by atoms with E-state index in [9.17, 15) is 9.59 Å². The number of anilines is 1. The van der Waals surface area contributed by atoms with Crippen LogP contribution in [0.4, 0.5) is 10.5 Å². The average molecular weight is 343 g/mol. The summed E-state index contributed by atoms with van der Waals surface area (Å²) >= 11 is 0. The Balaban J connectivity index is 1.57. The number of para-hydroxylation sites is 1. The van der Waals surface area contributed by atoms with Crippen molar-refractivity contribution in [2.45, 2.75) is 39.0 Å². The molecule has 0 aromatic heterocycles. The van der Waals surface area contributed by atoms with Gasteiger partial charge < -0.3 is 15.1 Å². The second kappa shape index (κ2) is 8.37. The largest absolute Gasteiger partial charge is 0.342 e. The van der Waals surface area contributed by atoms with E-state index in [1.165, 1.54) is 12.8 Å². The van der Waals surface area contributed by atoms with Gasteiger partial charge in [0.05, 0.1) is 5.92 Å². The molecule has 5 heteroatoms. The molecule has 1 aromatic rings. The van der Waals surface area contributed by atoms with Crippen molar-refractivity contribution in [2.24, 2.45) is 11.8 Å². The highest BCUT2D eigenvalue weighted by molar-refractivity contribution is 5.90. The first kappa shape index (κ1) is 17.8. The molecule has 3 rings (SSSR count). The first-order chi connectivity index (χ1) is 12.2. The van der Waals surface area contributed by atoms with Crippen LogP contribution in [-0.4, -0.2) is 47.9 Å². The van der Waals surface area contributed by atoms with Gasteiger partial charge in [0.1, 0.15) is 0 Å². The predicted molar refractivity (Wildman–Crippen MR) is 99.4 cm³/mol. The maximum Gasteiger partial charge on any atom is 0.321 e. The maximum atomic E-state index is 12.9. The average Bonchev–Trinajstić information content (AvgIpc) is 3.46. The molecule has 0 spiro atoms. The van der Waals surface area contributed by atoms with E-state index in [0.717, 1.165) is 44.6 Å². The minimum absolute atomic E-state index is 0.0550. The monoisotopic (exact) mass is 343 g/mol. The highest BCUT2D eigenvalue weighted by atomic mass is 16.2. The number of nitrogens with one attached hydrogen (secondary N) is 1. The molecule has 136 valence electrons. The molecule has 1 saturated carbocycles. The Bertz CT molecular complexity index is 586. The zero-order chi connectivity index (χ0) is 17.6. The fourth-order valence-corrected chi connectivity index (χ4v) is 3.52. The van der Waals surface area contributed by atoms with E-state index >= 15 is 0 Å². The molecule has 0 bridgehead atoms. The van der Waals surface area contributed by atoms with E-state index < -0.39 is 0 Å². The van der Waals surface area contributed by atoms with Crippen molar-refractivity contribution >= 4 is 17.6 Å². The number of piperidine rings is 1. The zero-order valence-electron chi connectivity index (χ0n) is 15.1. The molecule has 1 heterocycles. The SMILES string of the molecule is CCCN(CC1CC1)C(=O)C1CCCN(C(=O)Nc2ccccc2)C1. The molecule has 25 heavy (non-hydrogen) atoms. The molecule has 3 amide bonds. The van der Waals surface area contributed by atoms with Crippen LogP contribution in [0.5, 0.6) is 0 Å². The van der Waals surface area contributed by atoms with Gasteiger partial charge in [0, 0.05) is 31.9 Å². The summed E-state index contributed by atoms with van der Waals surface area (Å²) in [5.41, 5.74) is 0.794. The maximum absolute atomic E-state index is 12.9. The van der Waals surface area contributed by atoms with Gasteiger partial charge in [-0.05, 0) is 50.2 Å². The molecule has 1 aliphatic carbocycles. The number of likely N-dealkylation sites (tertiary alicyclic amines) is 1. The first-order valence-electron chi connectivity index (χ1n) is 9.57. The lowest BCUT2D eigenvalue weighted by Crippen LogP contribution is -2.48. The number of hydrogen-bond donors (Lipinski definition) is 1. The molecule has 1 unspecified atom stereocenters. The summed E-state index contributed by atoms with van der Waals surface area (Å²) in [6.07, 6.45) is 5.28. The lowest BCUT2D eigenvalue weighted by Gasteiger charge is -2.35. The molecule has 2 aliphatic rings. The third-order valence-electron chi connectivity index (χ3n) is 5.06. The number of urea groups is 1. The van der Waals surface area contributed by atoms with Gasteiger partial charge in [-0.3, -0.25) is 4.79 Å². The second-order valence-electron chi connectivity index (χ2n) is 7.31. The smallest absolute Gasteiger partial charge is 0.321 e. The third kappa shape index (κ3) is 4.97. The molecule has 0 radical (unpaired) electrons. The van der Waals surface area contributed by atoms with E-state index in [1.54, 1.807) is 4.90 Å². The number of hydrogen-bond acceptors (Lipinski definition) is 2. The highest BCUT2D eigenvalue weighted by Gasteiger charge is 2.33. The fraction of sp³-hybridized carbons (Fsp3) is 0.600. The Hall–Kier alpha value is -2.04. The van der Waals surface area contributed by atoms with Crippen LogP contribution in [-0.2, 0) is 4.79 Å². The van der Waals surface area contributed by atoms with Crippen LogP contribution < -0.4 is 5.32 Å². The number of benzene rings is 1. The van der Waals surface area contributed by atoms with Crippen molar-refractivity contribution in [3.8, 4) is 0 Å². The van der Waals surface area contributed by atoms with Gasteiger partial charge in [-0.2, -0.15) is 0 Å². The van der Waals surface area contributed by atoms with Gasteiger partial charge in [0.15, 0.2) is 0 Å². The van der Waals surface area contributed by atoms with Crippen molar-refractivity contribution in [1.82, 2.24) is 9.80 Å². The van der Waals surface area contributed by atoms with Crippen molar-refractivity contribution in [3.63, 3.8) is 0 Å². The van der Waals surface area contributed by atoms with Gasteiger partial charge in [-0.1, -0.05) is 25.1 Å². The topological polar surface area (TPSA) is 52.7 Å². The van der Waals surface area contributed by atoms with Crippen molar-refractivity contribution in [3.05, 3.63) is 30.3 Å². The lowest BCUT2D eigenvalue weighted by molar-refractivity contribution is -0.137. The van der Waals surface area contributed by atoms with Crippen LogP contribution in [0.2, 0.25) is 0 Å². The summed E-state index contributed by atoms with van der Waals surface area (Å²) in [6.45, 7) is 5.11. The second-order valence-corrected chi connectivity index (χ2v) is 7.31. The molecular weight excluding hydrogens is 314 g/mol. The Morgan fingerprint density at radius 2 is 1.96 bits per heavy atom. The summed E-state index contributed by atoms with van der Waals surface area (Å²) in [5, 5.41) is 2.93. The molecule has 1 N–H and O–H groups in total. The first-order valence-corrected chi connectivity index (χ1v) is 9.57. The van der Waals surface area contributed by atoms with Crippen LogP contribution >= 0.6 is 0 Å². The quantitative estimate of drug-likeness (QED) is 0.858. The predicted octanol–water partition coefficient (Wildman–Crippen LogP) is 3.58. The van der Waals surface area contributed by atoms with Crippen molar-refractivity contribution < 1.29 is 9.59 Å². The van der Waals surface area contributed by atoms with Crippen LogP contribution in [0, 0.1) is 11.8 Å². The van der Waals surface area contributed by atoms with Gasteiger partial charge >= 0.3 is 6.03 Å². The van der Waals surface area contributed by atoms with Gasteiger partial charge in [-0.25, -0.2) is 4.79 Å². The summed E-state index contributed by atoms with van der Waals surface area (Å²) in [4.78, 5) is 29.3. The van der Waals surface area contributed by atoms with Gasteiger partial charge in [-0.15, -0.1) is 0 Å². The number of amides is 3. The molecule has 1 aromatic carbocycles. The summed E-state index contributed by atoms with van der Waals surface area (Å²) in [5.74, 6) is 0.892. The van der Waals surface area contributed by atoms with Crippen LogP contribution in [0.25, 0.3) is 0 Å². The molecule has 1 saturated heterocycles. The third-order valence-corrected chi connectivity index (χ3v) is 5.06. The van der Waals surface area contributed by atoms with Crippen LogP contribution in [0.1, 0.15) is 39.0 Å². The van der Waals surface area contributed by atoms with E-state index in [0.29, 0.717) is 12.5 Å². The summed E-state index contributed by atoms with van der Waals surface area (Å²) in [7, 11) is 0. The Morgan fingerprint density at radius 3 is 2.64 bits per heavy atom. The molecule has 1 atom stereocenters. The Morgan fingerprint density at radius 1 is 1.20 bits per heavy atom. The van der Waals surface area contributed by atoms with E-state index in [-0.39, 0.29) is 17.9 Å². The van der Waals surface area contributed by atoms with Crippen LogP contribution in [0.15, 0.2) is 30.3 Å². The number of carbonyl (C=O) groups is 2. The standard InChI is InChI=1S/C20H29N3O2/c1-2-12-22(14-16-10-11-16)19(24)17-7-6-13-23(15-17)20(25)21-18-8-4-3-5-9-18/h3-5,8-9,16-17H,2,6-7,10-15H2,1H3,(H,21,25). The minimum atomic E-state index is -0.104. The van der Waals surface area contributed by atoms with E-state index in [4.69, 9.17) is 0 Å². The number of nitrogens with zero attached hydrogens (tertiary/aromatic N) is 2. The van der Waals surface area contributed by atoms with Gasteiger partial charge in [0.2, 0.25) is 5.91 Å². The van der Waals surface area contributed by atoms with E-state index in [2.05, 4.69) is 12.2 Å². The van der Waals surface area contributed by atoms with Gasteiger partial charge in [0.25, 0.3) is 0 Å². The van der Waals surface area contributed by atoms with Crippen molar-refractivity contribution in [1.29, 1.82) is 0 Å². The molecule has 2 fully saturated rings. The van der Waals surface area contributed by atoms with Crippen LogP contribution in [0.3, 0.4) is 0 Å². The normalized spacial score (nSPS) is 20.2. The summed E-state index contributed by atoms with van der Waals surface area (Å²) in [6, 6.07) is 9.38. The minimum Gasteiger partial charge on any atom is -0.342 e. The Labute approximate surface area is 150 Å². The molecule has 5 nitrogen and oxygen atoms in total. The number of carbonyl (C=O) groups excluding carboxylic acids is 2. The lowest BCUT2D eigenvalue weighted by atomic mass is 9.96. The zero-order valence-corrected chi connectivity index (χ0v) is 15.1. The Kier molecular flexibility index (Phi) is 5.95. The molecular formula is C20H29N3O2. The summed E-state index contributed by atoms with van der Waals surface area (Å²) < 4.78 is 0. The highest BCUT2D eigenvalue weighted by Crippen LogP contribution is 2.31. The van der Waals surface area contributed by atoms with E-state index in [1.807, 2.05) is 35.2 Å².